The molecule has 0 aliphatic rings. The Morgan fingerprint density at radius 2 is 2.17 bits per heavy atom. The first-order valence-corrected chi connectivity index (χ1v) is 3.50. The number of hydrogen-bond donors (Lipinski definition) is 0. The molecule has 0 aliphatic heterocycles. The summed E-state index contributed by atoms with van der Waals surface area (Å²) in [6, 6.07) is 11.2. The molecule has 2 heteroatoms. The minimum Gasteiger partial charge on any atom is -1.00 e. The third kappa shape index (κ3) is 5.81. The Morgan fingerprint density at radius 3 is 2.67 bits per heavy atom. The molecule has 0 saturated heterocycles. The topological polar surface area (TPSA) is 0 Å². The summed E-state index contributed by atoms with van der Waals surface area (Å²) in [5.41, 5.74) is 1.27. The second-order valence-corrected chi connectivity index (χ2v) is 2.22. The van der Waals surface area contributed by atoms with Crippen molar-refractivity contribution in [2.45, 2.75) is 12.8 Å². The van der Waals surface area contributed by atoms with Gasteiger partial charge in [0.1, 0.15) is 0 Å². The fraction of sp³-hybridized carbons (Fsp3) is 0.200. The first-order chi connectivity index (χ1) is 4.93. The number of rotatable bonds is 3. The molecule has 0 aromatic heterocycles. The minimum atomic E-state index is 0. The van der Waals surface area contributed by atoms with Crippen LogP contribution in [0.2, 0.25) is 0 Å². The molecule has 0 fully saturated rings. The SMILES string of the molecule is C=CCCc1[c-]cccc1.[Br-].[Mg+2]. The zero-order chi connectivity index (χ0) is 7.23. The predicted molar refractivity (Wildman–Crippen MR) is 49.6 cm³/mol. The van der Waals surface area contributed by atoms with Crippen molar-refractivity contribution in [1.29, 1.82) is 0 Å². The van der Waals surface area contributed by atoms with Crippen LogP contribution in [0.5, 0.6) is 0 Å². The molecule has 0 nitrogen and oxygen atoms in total. The van der Waals surface area contributed by atoms with Gasteiger partial charge < -0.3 is 17.0 Å². The molecule has 0 unspecified atom stereocenters. The van der Waals surface area contributed by atoms with Gasteiger partial charge in [0.05, 0.1) is 0 Å². The molecule has 0 saturated carbocycles. The Hall–Kier alpha value is 0.206. The molecule has 0 heterocycles. The molecule has 0 aliphatic carbocycles. The van der Waals surface area contributed by atoms with Crippen LogP contribution in [0.4, 0.5) is 0 Å². The molecule has 0 atom stereocenters. The first-order valence-electron chi connectivity index (χ1n) is 3.50. The van der Waals surface area contributed by atoms with Crippen LogP contribution in [0.3, 0.4) is 0 Å². The fourth-order valence-electron chi connectivity index (χ4n) is 0.844. The third-order valence-electron chi connectivity index (χ3n) is 1.39. The molecule has 0 N–H and O–H groups in total. The molecular formula is C10H11BrMg. The normalized spacial score (nSPS) is 7.67. The number of hydrogen-bond acceptors (Lipinski definition) is 0. The smallest absolute Gasteiger partial charge is 1.00 e. The van der Waals surface area contributed by atoms with Crippen molar-refractivity contribution in [2.75, 3.05) is 0 Å². The fourth-order valence-corrected chi connectivity index (χ4v) is 0.844. The van der Waals surface area contributed by atoms with E-state index < -0.39 is 0 Å². The van der Waals surface area contributed by atoms with Gasteiger partial charge in [-0.15, -0.1) is 6.58 Å². The summed E-state index contributed by atoms with van der Waals surface area (Å²) in [6.45, 7) is 3.66. The van der Waals surface area contributed by atoms with Crippen LogP contribution in [0.25, 0.3) is 0 Å². The summed E-state index contributed by atoms with van der Waals surface area (Å²) < 4.78 is 0. The van der Waals surface area contributed by atoms with Gasteiger partial charge in [-0.1, -0.05) is 6.08 Å². The van der Waals surface area contributed by atoms with Crippen LogP contribution in [-0.2, 0) is 6.42 Å². The summed E-state index contributed by atoms with van der Waals surface area (Å²) in [7, 11) is 0. The van der Waals surface area contributed by atoms with Gasteiger partial charge in [0.15, 0.2) is 0 Å². The Morgan fingerprint density at radius 1 is 1.42 bits per heavy atom. The van der Waals surface area contributed by atoms with Gasteiger partial charge in [-0.25, -0.2) is 0 Å². The van der Waals surface area contributed by atoms with Crippen LogP contribution in [0.15, 0.2) is 36.9 Å². The summed E-state index contributed by atoms with van der Waals surface area (Å²) in [4.78, 5) is 0. The van der Waals surface area contributed by atoms with Crippen LogP contribution in [0, 0.1) is 6.07 Å². The monoisotopic (exact) mass is 234 g/mol. The van der Waals surface area contributed by atoms with E-state index in [1.807, 2.05) is 24.3 Å². The largest absolute Gasteiger partial charge is 2.00 e. The van der Waals surface area contributed by atoms with E-state index in [2.05, 4.69) is 18.7 Å². The molecule has 0 radical (unpaired) electrons. The molecule has 0 amide bonds. The van der Waals surface area contributed by atoms with E-state index in [9.17, 15) is 0 Å². The Balaban J connectivity index is 0. The van der Waals surface area contributed by atoms with Gasteiger partial charge in [0.25, 0.3) is 0 Å². The zero-order valence-electron chi connectivity index (χ0n) is 7.09. The van der Waals surface area contributed by atoms with Crippen molar-refractivity contribution >= 4 is 23.1 Å². The number of aryl methyl sites for hydroxylation is 1. The van der Waals surface area contributed by atoms with Gasteiger partial charge in [0, 0.05) is 0 Å². The molecule has 1 rings (SSSR count). The van der Waals surface area contributed by atoms with Gasteiger partial charge in [-0.05, 0) is 12.8 Å². The van der Waals surface area contributed by atoms with Gasteiger partial charge >= 0.3 is 23.1 Å². The van der Waals surface area contributed by atoms with Crippen molar-refractivity contribution in [3.63, 3.8) is 0 Å². The van der Waals surface area contributed by atoms with Crippen LogP contribution >= 0.6 is 0 Å². The summed E-state index contributed by atoms with van der Waals surface area (Å²) >= 11 is 0. The van der Waals surface area contributed by atoms with Crippen LogP contribution in [0.1, 0.15) is 12.0 Å². The maximum Gasteiger partial charge on any atom is 2.00 e. The molecule has 1 aromatic rings. The van der Waals surface area contributed by atoms with Crippen molar-refractivity contribution in [3.05, 3.63) is 48.6 Å². The average Bonchev–Trinajstić information content (AvgIpc) is 2.03. The van der Waals surface area contributed by atoms with Gasteiger partial charge in [-0.3, -0.25) is 0 Å². The maximum absolute atomic E-state index is 3.66. The van der Waals surface area contributed by atoms with Crippen molar-refractivity contribution in [1.82, 2.24) is 0 Å². The van der Waals surface area contributed by atoms with E-state index in [0.717, 1.165) is 12.8 Å². The molecule has 0 bridgehead atoms. The standard InChI is InChI=1S/C10H11.BrH.Mg/c1-2-3-7-10-8-5-4-6-9-10;;/h2,4-6,8H,1,3,7H2;1H;/q-1;;+2/p-1. The Bertz CT molecular complexity index is 196. The van der Waals surface area contributed by atoms with Gasteiger partial charge in [0.2, 0.25) is 0 Å². The number of benzene rings is 1. The molecular weight excluding hydrogens is 224 g/mol. The van der Waals surface area contributed by atoms with Crippen molar-refractivity contribution < 1.29 is 17.0 Å². The van der Waals surface area contributed by atoms with E-state index >= 15 is 0 Å². The van der Waals surface area contributed by atoms with Gasteiger partial charge in [-0.2, -0.15) is 35.9 Å². The Kier molecular flexibility index (Phi) is 11.4. The van der Waals surface area contributed by atoms with Crippen LogP contribution in [-0.4, -0.2) is 23.1 Å². The first kappa shape index (κ1) is 14.7. The third-order valence-corrected chi connectivity index (χ3v) is 1.39. The van der Waals surface area contributed by atoms with Crippen molar-refractivity contribution in [2.24, 2.45) is 0 Å². The quantitative estimate of drug-likeness (QED) is 0.367. The summed E-state index contributed by atoms with van der Waals surface area (Å²) in [5.74, 6) is 0. The zero-order valence-corrected chi connectivity index (χ0v) is 10.1. The minimum absolute atomic E-state index is 0. The summed E-state index contributed by atoms with van der Waals surface area (Å²) in [5, 5.41) is 0. The Labute approximate surface area is 101 Å². The van der Waals surface area contributed by atoms with Crippen molar-refractivity contribution in [3.8, 4) is 0 Å². The maximum atomic E-state index is 3.66. The number of allylic oxidation sites excluding steroid dienone is 1. The van der Waals surface area contributed by atoms with E-state index in [0.29, 0.717) is 0 Å². The van der Waals surface area contributed by atoms with E-state index in [-0.39, 0.29) is 40.0 Å². The molecule has 12 heavy (non-hydrogen) atoms. The molecule has 60 valence electrons. The van der Waals surface area contributed by atoms with E-state index in [1.165, 1.54) is 5.56 Å². The predicted octanol–water partition coefficient (Wildman–Crippen LogP) is -0.771. The summed E-state index contributed by atoms with van der Waals surface area (Å²) in [6.07, 6.45) is 4.03. The second kappa shape index (κ2) is 9.30. The number of halogens is 1. The molecule has 1 aromatic carbocycles. The van der Waals surface area contributed by atoms with E-state index in [1.54, 1.807) is 0 Å². The molecule has 0 spiro atoms. The average molecular weight is 235 g/mol. The van der Waals surface area contributed by atoms with E-state index in [4.69, 9.17) is 0 Å². The second-order valence-electron chi connectivity index (χ2n) is 2.22. The van der Waals surface area contributed by atoms with Crippen LogP contribution < -0.4 is 17.0 Å².